The summed E-state index contributed by atoms with van der Waals surface area (Å²) < 4.78 is 29.4. The third kappa shape index (κ3) is 4.00. The van der Waals surface area contributed by atoms with Crippen LogP contribution in [-0.4, -0.2) is 41.3 Å². The van der Waals surface area contributed by atoms with E-state index < -0.39 is 15.9 Å². The number of methoxy groups -OCH3 is 1. The number of benzene rings is 1. The number of halogens is 1. The maximum Gasteiger partial charge on any atom is 0.240 e. The number of likely N-dealkylation sites (N-methyl/N-ethyl adjacent to an activating group) is 1. The van der Waals surface area contributed by atoms with Gasteiger partial charge >= 0.3 is 0 Å². The summed E-state index contributed by atoms with van der Waals surface area (Å²) in [5.41, 5.74) is 0.303. The van der Waals surface area contributed by atoms with Gasteiger partial charge in [-0.2, -0.15) is 0 Å². The van der Waals surface area contributed by atoms with E-state index >= 15 is 0 Å². The molecule has 1 aromatic rings. The lowest BCUT2D eigenvalue weighted by Gasteiger charge is -2.22. The summed E-state index contributed by atoms with van der Waals surface area (Å²) in [5.74, 6) is 0.0103. The van der Waals surface area contributed by atoms with Crippen molar-refractivity contribution in [2.24, 2.45) is 0 Å². The van der Waals surface area contributed by atoms with Gasteiger partial charge in [0.25, 0.3) is 0 Å². The standard InChI is InChI=1S/C11H15ClN2O4S/c1-13-11(15)7-14(19(3,16)17)8-4-5-10(18-2)9(12)6-8/h4-6H,7H2,1-3H3,(H,13,15). The highest BCUT2D eigenvalue weighted by Gasteiger charge is 2.21. The van der Waals surface area contributed by atoms with Crippen LogP contribution in [0.2, 0.25) is 5.02 Å². The first-order valence-electron chi connectivity index (χ1n) is 5.31. The second-order valence-electron chi connectivity index (χ2n) is 3.76. The first-order chi connectivity index (χ1) is 8.79. The molecule has 0 heterocycles. The Labute approximate surface area is 117 Å². The van der Waals surface area contributed by atoms with Crippen molar-refractivity contribution in [3.63, 3.8) is 0 Å². The van der Waals surface area contributed by atoms with Gasteiger partial charge in [-0.25, -0.2) is 8.42 Å². The second kappa shape index (κ2) is 6.12. The Bertz CT molecular complexity index is 574. The van der Waals surface area contributed by atoms with Gasteiger partial charge in [-0.05, 0) is 18.2 Å². The molecular weight excluding hydrogens is 292 g/mol. The van der Waals surface area contributed by atoms with E-state index in [9.17, 15) is 13.2 Å². The lowest BCUT2D eigenvalue weighted by molar-refractivity contribution is -0.119. The molecule has 0 atom stereocenters. The lowest BCUT2D eigenvalue weighted by Crippen LogP contribution is -2.39. The smallest absolute Gasteiger partial charge is 0.240 e. The summed E-state index contributed by atoms with van der Waals surface area (Å²) in [7, 11) is -0.694. The molecule has 0 spiro atoms. The van der Waals surface area contributed by atoms with Gasteiger partial charge in [0.15, 0.2) is 0 Å². The number of nitrogens with zero attached hydrogens (tertiary/aromatic N) is 1. The summed E-state index contributed by atoms with van der Waals surface area (Å²) in [4.78, 5) is 11.4. The van der Waals surface area contributed by atoms with Crippen molar-refractivity contribution in [1.29, 1.82) is 0 Å². The zero-order valence-electron chi connectivity index (χ0n) is 10.8. The van der Waals surface area contributed by atoms with E-state index in [1.54, 1.807) is 6.07 Å². The van der Waals surface area contributed by atoms with Crippen molar-refractivity contribution in [3.05, 3.63) is 23.2 Å². The van der Waals surface area contributed by atoms with E-state index in [2.05, 4.69) is 5.32 Å². The maximum absolute atomic E-state index is 11.7. The number of nitrogens with one attached hydrogen (secondary N) is 1. The van der Waals surface area contributed by atoms with Crippen molar-refractivity contribution in [2.45, 2.75) is 0 Å². The number of hydrogen-bond donors (Lipinski definition) is 1. The van der Waals surface area contributed by atoms with Crippen LogP contribution in [-0.2, 0) is 14.8 Å². The Hall–Kier alpha value is -1.47. The molecule has 1 amide bonds. The molecule has 0 aliphatic rings. The molecular formula is C11H15ClN2O4S. The summed E-state index contributed by atoms with van der Waals surface area (Å²) in [6.45, 7) is -0.308. The molecule has 6 nitrogen and oxygen atoms in total. The monoisotopic (exact) mass is 306 g/mol. The van der Waals surface area contributed by atoms with Gasteiger partial charge in [0.2, 0.25) is 15.9 Å². The molecule has 0 aromatic heterocycles. The molecule has 0 aliphatic heterocycles. The largest absolute Gasteiger partial charge is 0.495 e. The third-order valence-corrected chi connectivity index (χ3v) is 3.83. The average Bonchev–Trinajstić information content (AvgIpc) is 2.34. The molecule has 8 heteroatoms. The van der Waals surface area contributed by atoms with Gasteiger partial charge in [-0.1, -0.05) is 11.6 Å². The Balaban J connectivity index is 3.19. The van der Waals surface area contributed by atoms with Crippen molar-refractivity contribution in [2.75, 3.05) is 31.3 Å². The second-order valence-corrected chi connectivity index (χ2v) is 6.08. The van der Waals surface area contributed by atoms with Crippen molar-refractivity contribution in [1.82, 2.24) is 5.32 Å². The fourth-order valence-electron chi connectivity index (χ4n) is 1.42. The van der Waals surface area contributed by atoms with Gasteiger partial charge in [-0.3, -0.25) is 9.10 Å². The SMILES string of the molecule is CNC(=O)CN(c1ccc(OC)c(Cl)c1)S(C)(=O)=O. The molecule has 0 unspecified atom stereocenters. The predicted octanol–water partition coefficient (Wildman–Crippen LogP) is 0.861. The van der Waals surface area contributed by atoms with E-state index in [4.69, 9.17) is 16.3 Å². The number of carbonyl (C=O) groups excluding carboxylic acids is 1. The molecule has 19 heavy (non-hydrogen) atoms. The molecule has 1 rings (SSSR count). The number of hydrogen-bond acceptors (Lipinski definition) is 4. The number of carbonyl (C=O) groups is 1. The van der Waals surface area contributed by atoms with Crippen LogP contribution >= 0.6 is 11.6 Å². The molecule has 0 bridgehead atoms. The van der Waals surface area contributed by atoms with Crippen LogP contribution in [0.25, 0.3) is 0 Å². The van der Waals surface area contributed by atoms with Crippen LogP contribution in [0, 0.1) is 0 Å². The summed E-state index contributed by atoms with van der Waals surface area (Å²) in [6, 6.07) is 4.50. The minimum atomic E-state index is -3.59. The number of amides is 1. The van der Waals surface area contributed by atoms with E-state index in [0.717, 1.165) is 10.6 Å². The molecule has 1 aromatic carbocycles. The zero-order chi connectivity index (χ0) is 14.6. The maximum atomic E-state index is 11.7. The van der Waals surface area contributed by atoms with Crippen LogP contribution in [0.4, 0.5) is 5.69 Å². The minimum absolute atomic E-state index is 0.269. The van der Waals surface area contributed by atoms with Crippen LogP contribution in [0.15, 0.2) is 18.2 Å². The summed E-state index contributed by atoms with van der Waals surface area (Å²) >= 11 is 5.95. The number of anilines is 1. The van der Waals surface area contributed by atoms with Gasteiger partial charge in [-0.15, -0.1) is 0 Å². The Morgan fingerprint density at radius 3 is 2.53 bits per heavy atom. The van der Waals surface area contributed by atoms with Crippen molar-refractivity contribution >= 4 is 33.2 Å². The average molecular weight is 307 g/mol. The van der Waals surface area contributed by atoms with Crippen LogP contribution in [0.1, 0.15) is 0 Å². The number of rotatable bonds is 5. The highest BCUT2D eigenvalue weighted by atomic mass is 35.5. The Morgan fingerprint density at radius 1 is 1.47 bits per heavy atom. The van der Waals surface area contributed by atoms with E-state index in [-0.39, 0.29) is 11.6 Å². The molecule has 0 saturated carbocycles. The third-order valence-electron chi connectivity index (χ3n) is 2.39. The molecule has 0 radical (unpaired) electrons. The number of sulfonamides is 1. The van der Waals surface area contributed by atoms with Gasteiger partial charge in [0.05, 0.1) is 24.1 Å². The van der Waals surface area contributed by atoms with Gasteiger partial charge in [0.1, 0.15) is 12.3 Å². The lowest BCUT2D eigenvalue weighted by atomic mass is 10.3. The molecule has 106 valence electrons. The van der Waals surface area contributed by atoms with Crippen molar-refractivity contribution < 1.29 is 17.9 Å². The first kappa shape index (κ1) is 15.6. The van der Waals surface area contributed by atoms with E-state index in [0.29, 0.717) is 11.4 Å². The Morgan fingerprint density at radius 2 is 2.11 bits per heavy atom. The fraction of sp³-hybridized carbons (Fsp3) is 0.364. The first-order valence-corrected chi connectivity index (χ1v) is 7.54. The zero-order valence-corrected chi connectivity index (χ0v) is 12.4. The topological polar surface area (TPSA) is 75.7 Å². The molecule has 1 N–H and O–H groups in total. The molecule has 0 fully saturated rings. The van der Waals surface area contributed by atoms with E-state index in [1.807, 2.05) is 0 Å². The minimum Gasteiger partial charge on any atom is -0.495 e. The highest BCUT2D eigenvalue weighted by Crippen LogP contribution is 2.29. The van der Waals surface area contributed by atoms with Crippen LogP contribution < -0.4 is 14.4 Å². The van der Waals surface area contributed by atoms with Crippen LogP contribution in [0.3, 0.4) is 0 Å². The normalized spacial score (nSPS) is 10.9. The quantitative estimate of drug-likeness (QED) is 0.875. The Kier molecular flexibility index (Phi) is 5.02. The number of ether oxygens (including phenoxy) is 1. The van der Waals surface area contributed by atoms with Crippen LogP contribution in [0.5, 0.6) is 5.75 Å². The summed E-state index contributed by atoms with van der Waals surface area (Å²) in [5, 5.41) is 2.64. The van der Waals surface area contributed by atoms with Crippen molar-refractivity contribution in [3.8, 4) is 5.75 Å². The highest BCUT2D eigenvalue weighted by molar-refractivity contribution is 7.92. The van der Waals surface area contributed by atoms with Gasteiger partial charge in [0, 0.05) is 7.05 Å². The molecule has 0 saturated heterocycles. The predicted molar refractivity (Wildman–Crippen MR) is 74.3 cm³/mol. The fourth-order valence-corrected chi connectivity index (χ4v) is 2.52. The van der Waals surface area contributed by atoms with E-state index in [1.165, 1.54) is 26.3 Å². The summed E-state index contributed by atoms with van der Waals surface area (Å²) in [6.07, 6.45) is 1.02. The molecule has 0 aliphatic carbocycles. The van der Waals surface area contributed by atoms with Gasteiger partial charge < -0.3 is 10.1 Å².